The van der Waals surface area contributed by atoms with E-state index in [0.717, 1.165) is 23.4 Å². The number of nitrogens with zero attached hydrogens (tertiary/aromatic N) is 3. The largest absolute Gasteiger partial charge is 0.302 e. The van der Waals surface area contributed by atoms with Gasteiger partial charge in [0.25, 0.3) is 0 Å². The summed E-state index contributed by atoms with van der Waals surface area (Å²) >= 11 is 1.88. The molecule has 1 aromatic heterocycles. The number of benzene rings is 1. The lowest BCUT2D eigenvalue weighted by atomic mass is 9.91. The maximum atomic E-state index is 4.37. The number of thioether (sulfide) groups is 1. The molecule has 0 amide bonds. The molecule has 0 spiro atoms. The standard InChI is InChI=1S/C17H23N3S/c1-14-18-19-17(21-13-16-10-6-3-7-11-16)20(14)12-15-8-4-2-5-9-15/h2,4-5,8-9,16H,3,6-7,10-13H2,1H3. The number of hydrogen-bond acceptors (Lipinski definition) is 3. The van der Waals surface area contributed by atoms with E-state index in [9.17, 15) is 0 Å². The third kappa shape index (κ3) is 3.88. The van der Waals surface area contributed by atoms with Crippen LogP contribution < -0.4 is 0 Å². The van der Waals surface area contributed by atoms with E-state index in [2.05, 4.69) is 45.1 Å². The van der Waals surface area contributed by atoms with Crippen molar-refractivity contribution in [1.82, 2.24) is 14.8 Å². The van der Waals surface area contributed by atoms with Crippen molar-refractivity contribution in [1.29, 1.82) is 0 Å². The summed E-state index contributed by atoms with van der Waals surface area (Å²) < 4.78 is 2.24. The van der Waals surface area contributed by atoms with Crippen molar-refractivity contribution < 1.29 is 0 Å². The lowest BCUT2D eigenvalue weighted by Gasteiger charge is -2.20. The van der Waals surface area contributed by atoms with Crippen molar-refractivity contribution in [2.24, 2.45) is 5.92 Å². The third-order valence-corrected chi connectivity index (χ3v) is 5.46. The maximum Gasteiger partial charge on any atom is 0.191 e. The molecule has 0 unspecified atom stereocenters. The van der Waals surface area contributed by atoms with E-state index < -0.39 is 0 Å². The quantitative estimate of drug-likeness (QED) is 0.771. The maximum absolute atomic E-state index is 4.37. The minimum atomic E-state index is 0.867. The van der Waals surface area contributed by atoms with Gasteiger partial charge in [0.05, 0.1) is 6.54 Å². The van der Waals surface area contributed by atoms with Crippen LogP contribution in [0.25, 0.3) is 0 Å². The van der Waals surface area contributed by atoms with Gasteiger partial charge in [-0.15, -0.1) is 10.2 Å². The van der Waals surface area contributed by atoms with Crippen LogP contribution in [0.15, 0.2) is 35.5 Å². The van der Waals surface area contributed by atoms with Crippen LogP contribution in [-0.4, -0.2) is 20.5 Å². The Balaban J connectivity index is 1.65. The molecule has 1 aliphatic rings. The van der Waals surface area contributed by atoms with E-state index in [1.165, 1.54) is 43.4 Å². The van der Waals surface area contributed by atoms with Gasteiger partial charge in [0, 0.05) is 5.75 Å². The van der Waals surface area contributed by atoms with E-state index in [1.807, 2.05) is 18.7 Å². The summed E-state index contributed by atoms with van der Waals surface area (Å²) in [6, 6.07) is 10.6. The van der Waals surface area contributed by atoms with Crippen LogP contribution in [0.2, 0.25) is 0 Å². The molecule has 0 bridgehead atoms. The zero-order valence-corrected chi connectivity index (χ0v) is 13.5. The monoisotopic (exact) mass is 301 g/mol. The van der Waals surface area contributed by atoms with Crippen molar-refractivity contribution in [2.45, 2.75) is 50.7 Å². The van der Waals surface area contributed by atoms with Gasteiger partial charge in [-0.25, -0.2) is 0 Å². The van der Waals surface area contributed by atoms with Crippen LogP contribution in [0.5, 0.6) is 0 Å². The third-order valence-electron chi connectivity index (χ3n) is 4.26. The first kappa shape index (κ1) is 14.6. The SMILES string of the molecule is Cc1nnc(SCC2CCCCC2)n1Cc1ccccc1. The smallest absolute Gasteiger partial charge is 0.191 e. The fourth-order valence-electron chi connectivity index (χ4n) is 2.96. The molecule has 21 heavy (non-hydrogen) atoms. The second-order valence-corrected chi connectivity index (χ2v) is 6.90. The van der Waals surface area contributed by atoms with Gasteiger partial charge in [-0.1, -0.05) is 61.4 Å². The second kappa shape index (κ2) is 7.12. The Morgan fingerprint density at radius 2 is 1.86 bits per heavy atom. The van der Waals surface area contributed by atoms with E-state index in [-0.39, 0.29) is 0 Å². The summed E-state index contributed by atoms with van der Waals surface area (Å²) in [5, 5.41) is 9.71. The highest BCUT2D eigenvalue weighted by Gasteiger charge is 2.16. The van der Waals surface area contributed by atoms with Gasteiger partial charge in [-0.3, -0.25) is 0 Å². The molecule has 0 aliphatic heterocycles. The fraction of sp³-hybridized carbons (Fsp3) is 0.529. The van der Waals surface area contributed by atoms with Gasteiger partial charge in [0.15, 0.2) is 5.16 Å². The molecule has 1 fully saturated rings. The Morgan fingerprint density at radius 3 is 2.62 bits per heavy atom. The van der Waals surface area contributed by atoms with Crippen molar-refractivity contribution in [3.8, 4) is 0 Å². The molecule has 0 saturated heterocycles. The lowest BCUT2D eigenvalue weighted by Crippen LogP contribution is -2.10. The molecular formula is C17H23N3S. The number of hydrogen-bond donors (Lipinski definition) is 0. The van der Waals surface area contributed by atoms with Crippen molar-refractivity contribution in [3.05, 3.63) is 41.7 Å². The molecule has 1 heterocycles. The first-order valence-corrected chi connectivity index (χ1v) is 8.88. The zero-order chi connectivity index (χ0) is 14.5. The van der Waals surface area contributed by atoms with Crippen LogP contribution in [0.3, 0.4) is 0 Å². The summed E-state index contributed by atoms with van der Waals surface area (Å²) in [6.07, 6.45) is 7.00. The van der Waals surface area contributed by atoms with Crippen molar-refractivity contribution in [3.63, 3.8) is 0 Å². The fourth-order valence-corrected chi connectivity index (χ4v) is 4.13. The molecule has 3 nitrogen and oxygen atoms in total. The van der Waals surface area contributed by atoms with Gasteiger partial charge in [0.1, 0.15) is 5.82 Å². The summed E-state index contributed by atoms with van der Waals surface area (Å²) in [4.78, 5) is 0. The minimum absolute atomic E-state index is 0.867. The summed E-state index contributed by atoms with van der Waals surface area (Å²) in [7, 11) is 0. The van der Waals surface area contributed by atoms with E-state index in [0.29, 0.717) is 0 Å². The number of aromatic nitrogens is 3. The Morgan fingerprint density at radius 1 is 1.10 bits per heavy atom. The first-order chi connectivity index (χ1) is 10.3. The molecule has 112 valence electrons. The highest BCUT2D eigenvalue weighted by atomic mass is 32.2. The van der Waals surface area contributed by atoms with E-state index >= 15 is 0 Å². The molecule has 0 radical (unpaired) electrons. The molecule has 1 aromatic carbocycles. The molecule has 1 aliphatic carbocycles. The van der Waals surface area contributed by atoms with Crippen LogP contribution in [0, 0.1) is 12.8 Å². The van der Waals surface area contributed by atoms with Crippen LogP contribution in [0.4, 0.5) is 0 Å². The molecule has 3 rings (SSSR count). The number of aryl methyl sites for hydroxylation is 1. The summed E-state index contributed by atoms with van der Waals surface area (Å²) in [5.41, 5.74) is 1.31. The van der Waals surface area contributed by atoms with E-state index in [1.54, 1.807) is 0 Å². The lowest BCUT2D eigenvalue weighted by molar-refractivity contribution is 0.390. The molecule has 1 saturated carbocycles. The first-order valence-electron chi connectivity index (χ1n) is 7.89. The van der Waals surface area contributed by atoms with E-state index in [4.69, 9.17) is 0 Å². The Bertz CT molecular complexity index is 559. The van der Waals surface area contributed by atoms with Gasteiger partial charge in [0.2, 0.25) is 0 Å². The van der Waals surface area contributed by atoms with Crippen LogP contribution >= 0.6 is 11.8 Å². The number of rotatable bonds is 5. The van der Waals surface area contributed by atoms with Crippen LogP contribution in [-0.2, 0) is 6.54 Å². The summed E-state index contributed by atoms with van der Waals surface area (Å²) in [6.45, 7) is 2.91. The normalized spacial score (nSPS) is 16.2. The molecule has 2 aromatic rings. The van der Waals surface area contributed by atoms with Gasteiger partial charge < -0.3 is 4.57 Å². The molecule has 0 atom stereocenters. The minimum Gasteiger partial charge on any atom is -0.302 e. The predicted molar refractivity (Wildman–Crippen MR) is 87.6 cm³/mol. The van der Waals surface area contributed by atoms with Gasteiger partial charge >= 0.3 is 0 Å². The summed E-state index contributed by atoms with van der Waals surface area (Å²) in [5.74, 6) is 3.06. The van der Waals surface area contributed by atoms with Gasteiger partial charge in [-0.05, 0) is 31.2 Å². The van der Waals surface area contributed by atoms with Crippen molar-refractivity contribution in [2.75, 3.05) is 5.75 Å². The topological polar surface area (TPSA) is 30.7 Å². The predicted octanol–water partition coefficient (Wildman–Crippen LogP) is 4.31. The Kier molecular flexibility index (Phi) is 4.96. The Labute approximate surface area is 131 Å². The Hall–Kier alpha value is -1.29. The van der Waals surface area contributed by atoms with Crippen LogP contribution in [0.1, 0.15) is 43.5 Å². The molecule has 0 N–H and O–H groups in total. The highest BCUT2D eigenvalue weighted by Crippen LogP contribution is 2.29. The highest BCUT2D eigenvalue weighted by molar-refractivity contribution is 7.99. The average Bonchev–Trinajstić information content (AvgIpc) is 2.88. The molecular weight excluding hydrogens is 278 g/mol. The van der Waals surface area contributed by atoms with Gasteiger partial charge in [-0.2, -0.15) is 0 Å². The molecule has 4 heteroatoms. The zero-order valence-electron chi connectivity index (χ0n) is 12.7. The second-order valence-electron chi connectivity index (χ2n) is 5.92. The van der Waals surface area contributed by atoms with Crippen molar-refractivity contribution >= 4 is 11.8 Å². The average molecular weight is 301 g/mol.